The van der Waals surface area contributed by atoms with Gasteiger partial charge >= 0.3 is 0 Å². The first-order valence-corrected chi connectivity index (χ1v) is 6.67. The molecule has 0 saturated carbocycles. The SMILES string of the molecule is Oc1ccccc1CNc1ccc(Cl)c2cccnc12. The quantitative estimate of drug-likeness (QED) is 0.757. The van der Waals surface area contributed by atoms with E-state index in [1.54, 1.807) is 18.3 Å². The van der Waals surface area contributed by atoms with Crippen molar-refractivity contribution in [1.82, 2.24) is 4.98 Å². The van der Waals surface area contributed by atoms with Crippen molar-refractivity contribution in [3.05, 3.63) is 65.3 Å². The molecular formula is C16H13ClN2O. The molecular weight excluding hydrogens is 272 g/mol. The molecule has 3 rings (SSSR count). The monoisotopic (exact) mass is 284 g/mol. The van der Waals surface area contributed by atoms with Gasteiger partial charge in [0.05, 0.1) is 16.2 Å². The molecule has 0 aliphatic rings. The normalized spacial score (nSPS) is 10.7. The van der Waals surface area contributed by atoms with Crippen LogP contribution in [0.15, 0.2) is 54.7 Å². The average Bonchev–Trinajstić information content (AvgIpc) is 2.48. The van der Waals surface area contributed by atoms with Crippen LogP contribution < -0.4 is 5.32 Å². The minimum atomic E-state index is 0.284. The first kappa shape index (κ1) is 12.8. The molecule has 0 radical (unpaired) electrons. The molecule has 2 N–H and O–H groups in total. The number of rotatable bonds is 3. The Morgan fingerprint density at radius 3 is 2.75 bits per heavy atom. The van der Waals surface area contributed by atoms with Crippen molar-refractivity contribution in [3.63, 3.8) is 0 Å². The van der Waals surface area contributed by atoms with Crippen molar-refractivity contribution >= 4 is 28.2 Å². The highest BCUT2D eigenvalue weighted by Crippen LogP contribution is 2.28. The zero-order valence-electron chi connectivity index (χ0n) is 10.7. The number of phenols is 1. The summed E-state index contributed by atoms with van der Waals surface area (Å²) in [6, 6.07) is 14.8. The lowest BCUT2D eigenvalue weighted by molar-refractivity contribution is 0.469. The number of phenolic OH excluding ortho intramolecular Hbond substituents is 1. The zero-order valence-corrected chi connectivity index (χ0v) is 11.4. The number of anilines is 1. The van der Waals surface area contributed by atoms with Crippen LogP contribution in [-0.2, 0) is 6.54 Å². The van der Waals surface area contributed by atoms with Crippen LogP contribution in [0.1, 0.15) is 5.56 Å². The first-order valence-electron chi connectivity index (χ1n) is 6.29. The number of aromatic nitrogens is 1. The summed E-state index contributed by atoms with van der Waals surface area (Å²) in [6.07, 6.45) is 1.74. The van der Waals surface area contributed by atoms with Crippen molar-refractivity contribution < 1.29 is 5.11 Å². The third-order valence-corrected chi connectivity index (χ3v) is 3.51. The maximum Gasteiger partial charge on any atom is 0.120 e. The van der Waals surface area contributed by atoms with E-state index < -0.39 is 0 Å². The van der Waals surface area contributed by atoms with Crippen LogP contribution in [0, 0.1) is 0 Å². The minimum Gasteiger partial charge on any atom is -0.508 e. The fourth-order valence-electron chi connectivity index (χ4n) is 2.13. The highest BCUT2D eigenvalue weighted by Gasteiger charge is 2.06. The molecule has 100 valence electrons. The maximum atomic E-state index is 9.77. The number of nitrogens with one attached hydrogen (secondary N) is 1. The van der Waals surface area contributed by atoms with Gasteiger partial charge in [-0.25, -0.2) is 0 Å². The largest absolute Gasteiger partial charge is 0.508 e. The first-order chi connectivity index (χ1) is 9.75. The molecule has 3 nitrogen and oxygen atoms in total. The Morgan fingerprint density at radius 1 is 1.05 bits per heavy atom. The lowest BCUT2D eigenvalue weighted by atomic mass is 10.1. The van der Waals surface area contributed by atoms with E-state index in [0.717, 1.165) is 22.2 Å². The average molecular weight is 285 g/mol. The van der Waals surface area contributed by atoms with Gasteiger partial charge in [0.1, 0.15) is 5.75 Å². The van der Waals surface area contributed by atoms with Gasteiger partial charge in [-0.1, -0.05) is 29.8 Å². The van der Waals surface area contributed by atoms with Gasteiger partial charge in [-0.3, -0.25) is 4.98 Å². The zero-order chi connectivity index (χ0) is 13.9. The highest BCUT2D eigenvalue weighted by atomic mass is 35.5. The summed E-state index contributed by atoms with van der Waals surface area (Å²) in [4.78, 5) is 4.37. The summed E-state index contributed by atoms with van der Waals surface area (Å²) >= 11 is 6.16. The van der Waals surface area contributed by atoms with E-state index in [1.807, 2.05) is 36.4 Å². The van der Waals surface area contributed by atoms with Gasteiger partial charge in [-0.2, -0.15) is 0 Å². The molecule has 0 aliphatic heterocycles. The van der Waals surface area contributed by atoms with Gasteiger partial charge in [-0.15, -0.1) is 0 Å². The number of para-hydroxylation sites is 1. The van der Waals surface area contributed by atoms with E-state index in [1.165, 1.54) is 0 Å². The van der Waals surface area contributed by atoms with Gasteiger partial charge < -0.3 is 10.4 Å². The Labute approximate surface area is 121 Å². The lowest BCUT2D eigenvalue weighted by Gasteiger charge is -2.11. The van der Waals surface area contributed by atoms with E-state index >= 15 is 0 Å². The number of fused-ring (bicyclic) bond motifs is 1. The Bertz CT molecular complexity index is 758. The second-order valence-electron chi connectivity index (χ2n) is 4.48. The van der Waals surface area contributed by atoms with Crippen LogP contribution >= 0.6 is 11.6 Å². The van der Waals surface area contributed by atoms with Gasteiger partial charge in [0.25, 0.3) is 0 Å². The number of hydrogen-bond acceptors (Lipinski definition) is 3. The summed E-state index contributed by atoms with van der Waals surface area (Å²) in [7, 11) is 0. The second-order valence-corrected chi connectivity index (χ2v) is 4.88. The molecule has 0 atom stereocenters. The maximum absolute atomic E-state index is 9.77. The molecule has 0 unspecified atom stereocenters. The fourth-order valence-corrected chi connectivity index (χ4v) is 2.35. The standard InChI is InChI=1S/C16H13ClN2O/c17-13-7-8-14(16-12(13)5-3-9-18-16)19-10-11-4-1-2-6-15(11)20/h1-9,19-20H,10H2. The van der Waals surface area contributed by atoms with E-state index in [-0.39, 0.29) is 5.75 Å². The van der Waals surface area contributed by atoms with Crippen molar-refractivity contribution in [2.45, 2.75) is 6.54 Å². The molecule has 0 amide bonds. The molecule has 1 aromatic heterocycles. The summed E-state index contributed by atoms with van der Waals surface area (Å²) in [6.45, 7) is 0.528. The molecule has 4 heteroatoms. The fraction of sp³-hybridized carbons (Fsp3) is 0.0625. The van der Waals surface area contributed by atoms with Gasteiger partial charge in [-0.05, 0) is 30.3 Å². The van der Waals surface area contributed by atoms with Crippen LogP contribution in [0.2, 0.25) is 5.02 Å². The lowest BCUT2D eigenvalue weighted by Crippen LogP contribution is -2.01. The van der Waals surface area contributed by atoms with Crippen molar-refractivity contribution in [3.8, 4) is 5.75 Å². The van der Waals surface area contributed by atoms with E-state index in [9.17, 15) is 5.11 Å². The van der Waals surface area contributed by atoms with Crippen LogP contribution in [0.4, 0.5) is 5.69 Å². The summed E-state index contributed by atoms with van der Waals surface area (Å²) < 4.78 is 0. The molecule has 0 fully saturated rings. The molecule has 0 saturated heterocycles. The van der Waals surface area contributed by atoms with Gasteiger partial charge in [0, 0.05) is 23.7 Å². The summed E-state index contributed by atoms with van der Waals surface area (Å²) in [5.74, 6) is 0.284. The number of halogens is 1. The topological polar surface area (TPSA) is 45.1 Å². The Kier molecular flexibility index (Phi) is 3.44. The molecule has 20 heavy (non-hydrogen) atoms. The molecule has 2 aromatic carbocycles. The van der Waals surface area contributed by atoms with E-state index in [4.69, 9.17) is 11.6 Å². The second kappa shape index (κ2) is 5.39. The smallest absolute Gasteiger partial charge is 0.120 e. The summed E-state index contributed by atoms with van der Waals surface area (Å²) in [5, 5.41) is 14.7. The Morgan fingerprint density at radius 2 is 1.90 bits per heavy atom. The van der Waals surface area contributed by atoms with Crippen molar-refractivity contribution in [1.29, 1.82) is 0 Å². The highest BCUT2D eigenvalue weighted by molar-refractivity contribution is 6.35. The Hall–Kier alpha value is -2.26. The molecule has 0 aliphatic carbocycles. The Balaban J connectivity index is 1.92. The van der Waals surface area contributed by atoms with Crippen molar-refractivity contribution in [2.24, 2.45) is 0 Å². The number of hydrogen-bond donors (Lipinski definition) is 2. The third-order valence-electron chi connectivity index (χ3n) is 3.18. The summed E-state index contributed by atoms with van der Waals surface area (Å²) in [5.41, 5.74) is 2.57. The van der Waals surface area contributed by atoms with E-state index in [0.29, 0.717) is 11.6 Å². The van der Waals surface area contributed by atoms with Crippen LogP contribution in [0.25, 0.3) is 10.9 Å². The predicted molar refractivity (Wildman–Crippen MR) is 82.2 cm³/mol. The van der Waals surface area contributed by atoms with Crippen LogP contribution in [-0.4, -0.2) is 10.1 Å². The van der Waals surface area contributed by atoms with Crippen LogP contribution in [0.3, 0.4) is 0 Å². The molecule has 0 spiro atoms. The van der Waals surface area contributed by atoms with Gasteiger partial charge in [0.2, 0.25) is 0 Å². The third kappa shape index (κ3) is 2.40. The molecule has 1 heterocycles. The van der Waals surface area contributed by atoms with E-state index in [2.05, 4.69) is 10.3 Å². The number of aromatic hydroxyl groups is 1. The number of nitrogens with zero attached hydrogens (tertiary/aromatic N) is 1. The molecule has 0 bridgehead atoms. The van der Waals surface area contributed by atoms with Crippen molar-refractivity contribution in [2.75, 3.05) is 5.32 Å². The number of benzene rings is 2. The number of pyridine rings is 1. The van der Waals surface area contributed by atoms with Gasteiger partial charge in [0.15, 0.2) is 0 Å². The predicted octanol–water partition coefficient (Wildman–Crippen LogP) is 4.21. The van der Waals surface area contributed by atoms with Crippen LogP contribution in [0.5, 0.6) is 5.75 Å². The minimum absolute atomic E-state index is 0.284. The molecule has 3 aromatic rings.